The number of benzene rings is 1. The van der Waals surface area contributed by atoms with E-state index in [1.807, 2.05) is 0 Å². The number of aromatic carboxylic acids is 1. The first-order valence-electron chi connectivity index (χ1n) is 10.2. The molecule has 3 heteroatoms. The molecule has 0 atom stereocenters. The Kier molecular flexibility index (Phi) is 13.0. The second kappa shape index (κ2) is 15.3. The molecule has 0 heterocycles. The van der Waals surface area contributed by atoms with E-state index in [9.17, 15) is 4.79 Å². The summed E-state index contributed by atoms with van der Waals surface area (Å²) in [4.78, 5) is 11.1. The minimum Gasteiger partial charge on any atom is -0.480 e. The van der Waals surface area contributed by atoms with Crippen molar-refractivity contribution in [2.24, 2.45) is 0 Å². The van der Waals surface area contributed by atoms with Gasteiger partial charge in [-0.3, -0.25) is 0 Å². The predicted molar refractivity (Wildman–Crippen MR) is 108 cm³/mol. The Morgan fingerprint density at radius 2 is 1.46 bits per heavy atom. The van der Waals surface area contributed by atoms with Crippen molar-refractivity contribution in [3.8, 4) is 17.6 Å². The summed E-state index contributed by atoms with van der Waals surface area (Å²) in [5.74, 6) is 5.48. The van der Waals surface area contributed by atoms with Gasteiger partial charge in [0.05, 0.1) is 0 Å². The normalized spacial score (nSPS) is 10.2. The number of hydrogen-bond donors (Lipinski definition) is 1. The van der Waals surface area contributed by atoms with E-state index >= 15 is 0 Å². The third kappa shape index (κ3) is 10.8. The molecule has 0 aliphatic rings. The summed E-state index contributed by atoms with van der Waals surface area (Å²) in [5.41, 5.74) is 0.180. The number of ether oxygens (including phenoxy) is 1. The summed E-state index contributed by atoms with van der Waals surface area (Å²) >= 11 is 0. The van der Waals surface area contributed by atoms with E-state index in [1.54, 1.807) is 18.2 Å². The van der Waals surface area contributed by atoms with Crippen LogP contribution in [0.1, 0.15) is 94.3 Å². The van der Waals surface area contributed by atoms with Crippen LogP contribution in [-0.2, 0) is 0 Å². The molecule has 0 fully saturated rings. The van der Waals surface area contributed by atoms with E-state index in [1.165, 1.54) is 70.3 Å². The first-order chi connectivity index (χ1) is 12.8. The lowest BCUT2D eigenvalue weighted by Crippen LogP contribution is -2.02. The average molecular weight is 359 g/mol. The molecule has 0 saturated heterocycles. The lowest BCUT2D eigenvalue weighted by molar-refractivity contribution is 0.0693. The monoisotopic (exact) mass is 358 g/mol. The number of carboxylic acid groups (broad SMARTS) is 1. The van der Waals surface area contributed by atoms with Crippen molar-refractivity contribution < 1.29 is 14.6 Å². The van der Waals surface area contributed by atoms with Crippen LogP contribution in [0.3, 0.4) is 0 Å². The van der Waals surface area contributed by atoms with E-state index in [2.05, 4.69) is 18.8 Å². The predicted octanol–water partition coefficient (Wildman–Crippen LogP) is 6.47. The highest BCUT2D eigenvalue weighted by Crippen LogP contribution is 2.17. The van der Waals surface area contributed by atoms with Crippen LogP contribution in [0.15, 0.2) is 24.3 Å². The van der Waals surface area contributed by atoms with Gasteiger partial charge in [0.15, 0.2) is 0 Å². The van der Waals surface area contributed by atoms with Crippen LogP contribution in [0.4, 0.5) is 0 Å². The molecule has 0 bridgehead atoms. The molecule has 0 aliphatic heterocycles. The number of hydrogen-bond acceptors (Lipinski definition) is 2. The third-order valence-corrected chi connectivity index (χ3v) is 4.45. The van der Waals surface area contributed by atoms with Crippen LogP contribution in [0, 0.1) is 11.8 Å². The molecule has 0 unspecified atom stereocenters. The van der Waals surface area contributed by atoms with Crippen LogP contribution >= 0.6 is 0 Å². The highest BCUT2D eigenvalue weighted by Gasteiger charge is 2.08. The van der Waals surface area contributed by atoms with E-state index in [0.29, 0.717) is 5.75 Å². The van der Waals surface area contributed by atoms with E-state index < -0.39 is 5.97 Å². The summed E-state index contributed by atoms with van der Waals surface area (Å²) in [7, 11) is 0. The number of carbonyl (C=O) groups is 1. The van der Waals surface area contributed by atoms with Crippen molar-refractivity contribution in [1.29, 1.82) is 0 Å². The smallest absolute Gasteiger partial charge is 0.339 e. The van der Waals surface area contributed by atoms with Crippen molar-refractivity contribution in [1.82, 2.24) is 0 Å². The Labute approximate surface area is 159 Å². The number of carboxylic acids is 1. The largest absolute Gasteiger partial charge is 0.480 e. The highest BCUT2D eigenvalue weighted by atomic mass is 16.5. The van der Waals surface area contributed by atoms with Gasteiger partial charge in [0.1, 0.15) is 17.9 Å². The molecule has 0 saturated carbocycles. The Morgan fingerprint density at radius 1 is 0.885 bits per heavy atom. The maximum atomic E-state index is 11.1. The molecular weight excluding hydrogens is 324 g/mol. The Morgan fingerprint density at radius 3 is 2.08 bits per heavy atom. The van der Waals surface area contributed by atoms with Gasteiger partial charge in [0, 0.05) is 6.42 Å². The van der Waals surface area contributed by atoms with Gasteiger partial charge in [-0.2, -0.15) is 0 Å². The fourth-order valence-electron chi connectivity index (χ4n) is 2.90. The second-order valence-electron chi connectivity index (χ2n) is 6.73. The topological polar surface area (TPSA) is 46.5 Å². The lowest BCUT2D eigenvalue weighted by Gasteiger charge is -2.05. The second-order valence-corrected chi connectivity index (χ2v) is 6.73. The zero-order chi connectivity index (χ0) is 18.9. The minimum absolute atomic E-state index is 0.180. The molecule has 1 aromatic rings. The van der Waals surface area contributed by atoms with E-state index in [0.717, 1.165) is 12.8 Å². The summed E-state index contributed by atoms with van der Waals surface area (Å²) in [6.07, 6.45) is 15.6. The molecule has 0 aliphatic carbocycles. The van der Waals surface area contributed by atoms with Crippen molar-refractivity contribution >= 4 is 5.97 Å². The van der Waals surface area contributed by atoms with E-state index in [4.69, 9.17) is 9.84 Å². The van der Waals surface area contributed by atoms with Gasteiger partial charge >= 0.3 is 5.97 Å². The molecular formula is C23H34O3. The molecule has 0 radical (unpaired) electrons. The van der Waals surface area contributed by atoms with Crippen LogP contribution in [0.2, 0.25) is 0 Å². The van der Waals surface area contributed by atoms with Crippen molar-refractivity contribution in [2.75, 3.05) is 6.61 Å². The SMILES string of the molecule is CCCCCCCCCCCCCC#CCOc1ccccc1C(=O)O. The van der Waals surface area contributed by atoms with Gasteiger partial charge in [-0.05, 0) is 18.6 Å². The first-order valence-corrected chi connectivity index (χ1v) is 10.2. The summed E-state index contributed by atoms with van der Waals surface area (Å²) < 4.78 is 5.45. The van der Waals surface area contributed by atoms with Gasteiger partial charge < -0.3 is 9.84 Å². The molecule has 26 heavy (non-hydrogen) atoms. The average Bonchev–Trinajstić information content (AvgIpc) is 2.65. The molecule has 1 aromatic carbocycles. The Bertz CT molecular complexity index is 554. The van der Waals surface area contributed by atoms with Crippen LogP contribution in [-0.4, -0.2) is 17.7 Å². The minimum atomic E-state index is -0.977. The summed E-state index contributed by atoms with van der Waals surface area (Å²) in [6.45, 7) is 2.50. The molecule has 3 nitrogen and oxygen atoms in total. The molecule has 144 valence electrons. The maximum absolute atomic E-state index is 11.1. The van der Waals surface area contributed by atoms with Crippen LogP contribution in [0.25, 0.3) is 0 Å². The number of rotatable bonds is 14. The van der Waals surface area contributed by atoms with Gasteiger partial charge in [-0.1, -0.05) is 95.1 Å². The van der Waals surface area contributed by atoms with Crippen LogP contribution in [0.5, 0.6) is 5.75 Å². The molecule has 0 aromatic heterocycles. The first kappa shape index (κ1) is 22.1. The fourth-order valence-corrected chi connectivity index (χ4v) is 2.90. The van der Waals surface area contributed by atoms with Gasteiger partial charge in [-0.15, -0.1) is 0 Å². The Balaban J connectivity index is 1.97. The standard InChI is InChI=1S/C23H34O3/c1-2-3-4-5-6-7-8-9-10-11-12-13-14-17-20-26-22-19-16-15-18-21(22)23(24)25/h15-16,18-19H,2-13,20H2,1H3,(H,24,25). The van der Waals surface area contributed by atoms with Crippen molar-refractivity contribution in [3.63, 3.8) is 0 Å². The van der Waals surface area contributed by atoms with Crippen LogP contribution < -0.4 is 4.74 Å². The molecule has 0 amide bonds. The quantitative estimate of drug-likeness (QED) is 0.306. The molecule has 1 N–H and O–H groups in total. The third-order valence-electron chi connectivity index (χ3n) is 4.45. The van der Waals surface area contributed by atoms with Crippen molar-refractivity contribution in [2.45, 2.75) is 84.0 Å². The number of para-hydroxylation sites is 1. The maximum Gasteiger partial charge on any atom is 0.339 e. The molecule has 1 rings (SSSR count). The van der Waals surface area contributed by atoms with Gasteiger partial charge in [-0.25, -0.2) is 4.79 Å². The zero-order valence-electron chi connectivity index (χ0n) is 16.3. The molecule has 0 spiro atoms. The van der Waals surface area contributed by atoms with Crippen molar-refractivity contribution in [3.05, 3.63) is 29.8 Å². The van der Waals surface area contributed by atoms with Gasteiger partial charge in [0.2, 0.25) is 0 Å². The number of unbranched alkanes of at least 4 members (excludes halogenated alkanes) is 11. The van der Waals surface area contributed by atoms with E-state index in [-0.39, 0.29) is 12.2 Å². The lowest BCUT2D eigenvalue weighted by atomic mass is 10.1. The summed E-state index contributed by atoms with van der Waals surface area (Å²) in [6, 6.07) is 6.65. The summed E-state index contributed by atoms with van der Waals surface area (Å²) in [5, 5.41) is 9.08. The highest BCUT2D eigenvalue weighted by molar-refractivity contribution is 5.90. The zero-order valence-corrected chi connectivity index (χ0v) is 16.3. The van der Waals surface area contributed by atoms with Gasteiger partial charge in [0.25, 0.3) is 0 Å². The fraction of sp³-hybridized carbons (Fsp3) is 0.609. The Hall–Kier alpha value is -1.95.